The lowest BCUT2D eigenvalue weighted by atomic mass is 9.91. The van der Waals surface area contributed by atoms with E-state index in [1.54, 1.807) is 7.11 Å². The number of hydrogen-bond donors (Lipinski definition) is 2. The molecule has 134 valence electrons. The van der Waals surface area contributed by atoms with E-state index in [0.717, 1.165) is 35.5 Å². The highest BCUT2D eigenvalue weighted by Crippen LogP contribution is 2.25. The molecular formula is C20H22N4O2. The highest BCUT2D eigenvalue weighted by atomic mass is 16.5. The first-order valence-electron chi connectivity index (χ1n) is 8.82. The van der Waals surface area contributed by atoms with Crippen molar-refractivity contribution in [2.45, 2.75) is 18.4 Å². The number of nitrogens with one attached hydrogen (secondary N) is 2. The molecule has 2 aromatic carbocycles. The van der Waals surface area contributed by atoms with Crippen molar-refractivity contribution in [3.63, 3.8) is 0 Å². The molecule has 1 amide bonds. The molecule has 1 aliphatic heterocycles. The van der Waals surface area contributed by atoms with Crippen molar-refractivity contribution >= 4 is 22.6 Å². The van der Waals surface area contributed by atoms with E-state index in [0.29, 0.717) is 12.8 Å². The Hall–Kier alpha value is -2.70. The number of aromatic nitrogens is 2. The minimum absolute atomic E-state index is 0.0812. The molecule has 3 aromatic rings. The summed E-state index contributed by atoms with van der Waals surface area (Å²) >= 11 is 0. The van der Waals surface area contributed by atoms with E-state index in [-0.39, 0.29) is 5.91 Å². The number of piperidine rings is 1. The van der Waals surface area contributed by atoms with Crippen molar-refractivity contribution in [1.29, 1.82) is 0 Å². The molecule has 0 bridgehead atoms. The predicted octanol–water partition coefficient (Wildman–Crippen LogP) is 2.73. The van der Waals surface area contributed by atoms with Crippen LogP contribution in [0.2, 0.25) is 0 Å². The highest BCUT2D eigenvalue weighted by Gasteiger charge is 2.39. The Labute approximate surface area is 152 Å². The third-order valence-corrected chi connectivity index (χ3v) is 5.07. The van der Waals surface area contributed by atoms with Gasteiger partial charge < -0.3 is 15.4 Å². The van der Waals surface area contributed by atoms with Crippen LogP contribution in [0, 0.1) is 0 Å². The van der Waals surface area contributed by atoms with Gasteiger partial charge in [0, 0.05) is 18.5 Å². The molecule has 2 heterocycles. The second kappa shape index (κ2) is 6.90. The molecule has 0 radical (unpaired) electrons. The number of fused-ring (bicyclic) bond motifs is 1. The van der Waals surface area contributed by atoms with Crippen molar-refractivity contribution in [1.82, 2.24) is 14.9 Å². The van der Waals surface area contributed by atoms with Gasteiger partial charge in [-0.1, -0.05) is 12.1 Å². The number of ether oxygens (including phenoxy) is 1. The third-order valence-electron chi connectivity index (χ3n) is 5.07. The van der Waals surface area contributed by atoms with Crippen LogP contribution < -0.4 is 10.6 Å². The number of carbonyl (C=O) groups excluding carboxylic acids is 1. The second-order valence-corrected chi connectivity index (χ2v) is 6.55. The van der Waals surface area contributed by atoms with Gasteiger partial charge in [-0.05, 0) is 62.3 Å². The lowest BCUT2D eigenvalue weighted by Gasteiger charge is -2.34. The summed E-state index contributed by atoms with van der Waals surface area (Å²) in [6.07, 6.45) is 3.16. The van der Waals surface area contributed by atoms with Crippen molar-refractivity contribution in [2.75, 3.05) is 25.5 Å². The summed E-state index contributed by atoms with van der Waals surface area (Å²) in [5.41, 5.74) is 3.03. The maximum atomic E-state index is 12.7. The summed E-state index contributed by atoms with van der Waals surface area (Å²) in [5, 5.41) is 6.26. The Kier molecular flexibility index (Phi) is 4.44. The summed E-state index contributed by atoms with van der Waals surface area (Å²) in [6.45, 7) is 1.57. The maximum absolute atomic E-state index is 12.7. The van der Waals surface area contributed by atoms with Crippen LogP contribution in [0.5, 0.6) is 0 Å². The Morgan fingerprint density at radius 3 is 2.62 bits per heavy atom. The molecular weight excluding hydrogens is 328 g/mol. The molecule has 1 aromatic heterocycles. The molecule has 1 fully saturated rings. The van der Waals surface area contributed by atoms with Crippen LogP contribution in [0.25, 0.3) is 16.7 Å². The first kappa shape index (κ1) is 16.8. The maximum Gasteiger partial charge on any atom is 0.256 e. The Morgan fingerprint density at radius 1 is 1.15 bits per heavy atom. The zero-order valence-electron chi connectivity index (χ0n) is 14.7. The van der Waals surface area contributed by atoms with E-state index in [1.807, 2.05) is 59.4 Å². The van der Waals surface area contributed by atoms with Gasteiger partial charge in [-0.15, -0.1) is 0 Å². The van der Waals surface area contributed by atoms with E-state index in [4.69, 9.17) is 4.74 Å². The molecule has 6 heteroatoms. The molecule has 0 spiro atoms. The molecule has 2 N–H and O–H groups in total. The van der Waals surface area contributed by atoms with Crippen LogP contribution in [0.4, 0.5) is 5.69 Å². The smallest absolute Gasteiger partial charge is 0.256 e. The predicted molar refractivity (Wildman–Crippen MR) is 102 cm³/mol. The van der Waals surface area contributed by atoms with Gasteiger partial charge >= 0.3 is 0 Å². The van der Waals surface area contributed by atoms with Crippen LogP contribution in [-0.4, -0.2) is 41.3 Å². The molecule has 0 saturated carbocycles. The quantitative estimate of drug-likeness (QED) is 0.759. The molecule has 0 aliphatic carbocycles. The summed E-state index contributed by atoms with van der Waals surface area (Å²) in [4.78, 5) is 17.1. The average molecular weight is 350 g/mol. The monoisotopic (exact) mass is 350 g/mol. The number of nitrogens with zero attached hydrogens (tertiary/aromatic N) is 2. The fraction of sp³-hybridized carbons (Fsp3) is 0.300. The summed E-state index contributed by atoms with van der Waals surface area (Å²) in [6, 6.07) is 15.8. The van der Waals surface area contributed by atoms with Gasteiger partial charge in [0.1, 0.15) is 11.9 Å². The third kappa shape index (κ3) is 2.98. The van der Waals surface area contributed by atoms with E-state index >= 15 is 0 Å². The van der Waals surface area contributed by atoms with Crippen molar-refractivity contribution in [3.05, 3.63) is 54.9 Å². The highest BCUT2D eigenvalue weighted by molar-refractivity contribution is 5.97. The minimum atomic E-state index is -0.746. The molecule has 0 atom stereocenters. The van der Waals surface area contributed by atoms with Crippen molar-refractivity contribution < 1.29 is 9.53 Å². The lowest BCUT2D eigenvalue weighted by molar-refractivity contribution is -0.140. The number of methoxy groups -OCH3 is 1. The SMILES string of the molecule is COC1(C(=O)Nc2ccc(-n3cnc4ccccc43)cc2)CCNCC1. The molecule has 4 rings (SSSR count). The second-order valence-electron chi connectivity index (χ2n) is 6.55. The number of benzene rings is 2. The first-order chi connectivity index (χ1) is 12.7. The van der Waals surface area contributed by atoms with Gasteiger partial charge in [0.2, 0.25) is 0 Å². The lowest BCUT2D eigenvalue weighted by Crippen LogP contribution is -2.51. The topological polar surface area (TPSA) is 68.2 Å². The summed E-state index contributed by atoms with van der Waals surface area (Å²) in [7, 11) is 1.61. The molecule has 1 aliphatic rings. The average Bonchev–Trinajstić information content (AvgIpc) is 3.13. The molecule has 1 saturated heterocycles. The standard InChI is InChI=1S/C20H22N4O2/c1-26-20(10-12-21-13-11-20)19(25)23-15-6-8-16(9-7-15)24-14-22-17-4-2-3-5-18(17)24/h2-9,14,21H,10-13H2,1H3,(H,23,25). The number of amides is 1. The largest absolute Gasteiger partial charge is 0.368 e. The number of hydrogen-bond acceptors (Lipinski definition) is 4. The van der Waals surface area contributed by atoms with Crippen LogP contribution in [0.15, 0.2) is 54.9 Å². The number of para-hydroxylation sites is 2. The van der Waals surface area contributed by atoms with E-state index in [9.17, 15) is 4.79 Å². The molecule has 26 heavy (non-hydrogen) atoms. The first-order valence-corrected chi connectivity index (χ1v) is 8.82. The van der Waals surface area contributed by atoms with Gasteiger partial charge in [0.05, 0.1) is 11.0 Å². The zero-order chi connectivity index (χ0) is 18.0. The van der Waals surface area contributed by atoms with Crippen LogP contribution >= 0.6 is 0 Å². The van der Waals surface area contributed by atoms with Crippen LogP contribution in [0.3, 0.4) is 0 Å². The van der Waals surface area contributed by atoms with Gasteiger partial charge in [0.25, 0.3) is 5.91 Å². The van der Waals surface area contributed by atoms with Crippen LogP contribution in [-0.2, 0) is 9.53 Å². The van der Waals surface area contributed by atoms with E-state index < -0.39 is 5.60 Å². The van der Waals surface area contributed by atoms with Gasteiger partial charge in [-0.25, -0.2) is 4.98 Å². The normalized spacial score (nSPS) is 16.5. The van der Waals surface area contributed by atoms with Gasteiger partial charge in [0.15, 0.2) is 0 Å². The Balaban J connectivity index is 1.54. The summed E-state index contributed by atoms with van der Waals surface area (Å²) < 4.78 is 7.61. The van der Waals surface area contributed by atoms with Crippen molar-refractivity contribution in [3.8, 4) is 5.69 Å². The Morgan fingerprint density at radius 2 is 1.88 bits per heavy atom. The number of imidazole rings is 1. The Bertz CT molecular complexity index is 911. The van der Waals surface area contributed by atoms with Gasteiger partial charge in [-0.2, -0.15) is 0 Å². The number of rotatable bonds is 4. The molecule has 6 nitrogen and oxygen atoms in total. The van der Waals surface area contributed by atoms with Gasteiger partial charge in [-0.3, -0.25) is 9.36 Å². The number of carbonyl (C=O) groups is 1. The minimum Gasteiger partial charge on any atom is -0.368 e. The van der Waals surface area contributed by atoms with Crippen LogP contribution in [0.1, 0.15) is 12.8 Å². The summed E-state index contributed by atoms with van der Waals surface area (Å²) in [5.74, 6) is -0.0812. The number of anilines is 1. The van der Waals surface area contributed by atoms with Crippen molar-refractivity contribution in [2.24, 2.45) is 0 Å². The fourth-order valence-corrected chi connectivity index (χ4v) is 3.47. The molecule has 0 unspecified atom stereocenters. The van der Waals surface area contributed by atoms with E-state index in [2.05, 4.69) is 15.6 Å². The zero-order valence-corrected chi connectivity index (χ0v) is 14.7. The fourth-order valence-electron chi connectivity index (χ4n) is 3.47. The van der Waals surface area contributed by atoms with E-state index in [1.165, 1.54) is 0 Å².